The van der Waals surface area contributed by atoms with Gasteiger partial charge in [0.1, 0.15) is 0 Å². The lowest BCUT2D eigenvalue weighted by atomic mass is 9.90. The van der Waals surface area contributed by atoms with Gasteiger partial charge in [-0.3, -0.25) is 0 Å². The Balaban J connectivity index is 1.62. The van der Waals surface area contributed by atoms with Crippen molar-refractivity contribution in [3.05, 3.63) is 0 Å². The summed E-state index contributed by atoms with van der Waals surface area (Å²) in [6.07, 6.45) is 3.44. The SMILES string of the molecule is O=C(NC1CC1)NC1CC(O)C1. The Morgan fingerprint density at radius 3 is 2.25 bits per heavy atom. The molecule has 0 heterocycles. The molecule has 0 aromatic heterocycles. The number of aliphatic hydroxyl groups is 1. The van der Waals surface area contributed by atoms with E-state index >= 15 is 0 Å². The Labute approximate surface area is 71.3 Å². The molecule has 4 heteroatoms. The standard InChI is InChI=1S/C8H14N2O2/c11-7-3-6(4-7)10-8(12)9-5-1-2-5/h5-7,11H,1-4H2,(H2,9,10,12). The largest absolute Gasteiger partial charge is 0.393 e. The molecule has 0 atom stereocenters. The van der Waals surface area contributed by atoms with Gasteiger partial charge in [0, 0.05) is 12.1 Å². The Bertz CT molecular complexity index is 185. The first kappa shape index (κ1) is 7.86. The highest BCUT2D eigenvalue weighted by atomic mass is 16.3. The average molecular weight is 170 g/mol. The summed E-state index contributed by atoms with van der Waals surface area (Å²) in [7, 11) is 0. The zero-order valence-corrected chi connectivity index (χ0v) is 6.92. The van der Waals surface area contributed by atoms with E-state index in [0.29, 0.717) is 18.9 Å². The van der Waals surface area contributed by atoms with E-state index in [1.54, 1.807) is 0 Å². The van der Waals surface area contributed by atoms with E-state index < -0.39 is 0 Å². The van der Waals surface area contributed by atoms with Crippen molar-refractivity contribution in [2.75, 3.05) is 0 Å². The Morgan fingerprint density at radius 2 is 1.75 bits per heavy atom. The van der Waals surface area contributed by atoms with Gasteiger partial charge in [-0.25, -0.2) is 4.79 Å². The van der Waals surface area contributed by atoms with Crippen LogP contribution in [0.25, 0.3) is 0 Å². The summed E-state index contributed by atoms with van der Waals surface area (Å²) in [6, 6.07) is 0.531. The van der Waals surface area contributed by atoms with Crippen molar-refractivity contribution < 1.29 is 9.90 Å². The molecule has 2 aliphatic carbocycles. The molecule has 0 unspecified atom stereocenters. The van der Waals surface area contributed by atoms with Crippen LogP contribution in [-0.2, 0) is 0 Å². The van der Waals surface area contributed by atoms with Crippen LogP contribution in [0.1, 0.15) is 25.7 Å². The molecule has 2 fully saturated rings. The topological polar surface area (TPSA) is 61.4 Å². The van der Waals surface area contributed by atoms with E-state index in [9.17, 15) is 4.79 Å². The molecule has 0 aromatic rings. The number of aliphatic hydroxyl groups excluding tert-OH is 1. The molecule has 0 saturated heterocycles. The molecule has 2 saturated carbocycles. The summed E-state index contributed by atoms with van der Waals surface area (Å²) in [6.45, 7) is 0. The van der Waals surface area contributed by atoms with E-state index in [2.05, 4.69) is 10.6 Å². The number of nitrogens with one attached hydrogen (secondary N) is 2. The predicted octanol–water partition coefficient (Wildman–Crippen LogP) is -0.0287. The van der Waals surface area contributed by atoms with Gasteiger partial charge in [0.05, 0.1) is 6.10 Å². The lowest BCUT2D eigenvalue weighted by Gasteiger charge is -2.31. The lowest BCUT2D eigenvalue weighted by molar-refractivity contribution is 0.0663. The molecule has 0 radical (unpaired) electrons. The fraction of sp³-hybridized carbons (Fsp3) is 0.875. The van der Waals surface area contributed by atoms with Crippen LogP contribution < -0.4 is 10.6 Å². The van der Waals surface area contributed by atoms with Gasteiger partial charge in [-0.1, -0.05) is 0 Å². The molecule has 2 rings (SSSR count). The maximum absolute atomic E-state index is 11.1. The van der Waals surface area contributed by atoms with Crippen molar-refractivity contribution in [1.29, 1.82) is 0 Å². The first-order valence-corrected chi connectivity index (χ1v) is 4.49. The Morgan fingerprint density at radius 1 is 1.17 bits per heavy atom. The molecule has 2 aliphatic rings. The fourth-order valence-electron chi connectivity index (χ4n) is 1.35. The number of rotatable bonds is 2. The summed E-state index contributed by atoms with van der Waals surface area (Å²) in [5, 5.41) is 14.6. The van der Waals surface area contributed by atoms with Crippen LogP contribution >= 0.6 is 0 Å². The molecular formula is C8H14N2O2. The minimum Gasteiger partial charge on any atom is -0.393 e. The van der Waals surface area contributed by atoms with Crippen LogP contribution in [0.5, 0.6) is 0 Å². The zero-order valence-electron chi connectivity index (χ0n) is 6.92. The summed E-state index contributed by atoms with van der Waals surface area (Å²) in [5.74, 6) is 0. The van der Waals surface area contributed by atoms with Crippen LogP contribution in [0.2, 0.25) is 0 Å². The van der Waals surface area contributed by atoms with Gasteiger partial charge in [-0.05, 0) is 25.7 Å². The van der Waals surface area contributed by atoms with Crippen LogP contribution in [0.4, 0.5) is 4.79 Å². The van der Waals surface area contributed by atoms with Gasteiger partial charge in [0.2, 0.25) is 0 Å². The molecule has 0 aromatic carbocycles. The number of hydrogen-bond donors (Lipinski definition) is 3. The maximum atomic E-state index is 11.1. The summed E-state index contributed by atoms with van der Waals surface area (Å²) < 4.78 is 0. The van der Waals surface area contributed by atoms with Crippen molar-refractivity contribution >= 4 is 6.03 Å². The van der Waals surface area contributed by atoms with E-state index in [0.717, 1.165) is 12.8 Å². The van der Waals surface area contributed by atoms with Crippen molar-refractivity contribution in [1.82, 2.24) is 10.6 Å². The fourth-order valence-corrected chi connectivity index (χ4v) is 1.35. The highest BCUT2D eigenvalue weighted by molar-refractivity contribution is 5.75. The summed E-state index contributed by atoms with van der Waals surface area (Å²) in [4.78, 5) is 11.1. The van der Waals surface area contributed by atoms with Crippen molar-refractivity contribution in [2.24, 2.45) is 0 Å². The molecule has 68 valence electrons. The third-order valence-electron chi connectivity index (χ3n) is 2.36. The quantitative estimate of drug-likeness (QED) is 0.545. The molecule has 4 nitrogen and oxygen atoms in total. The zero-order chi connectivity index (χ0) is 8.55. The van der Waals surface area contributed by atoms with E-state index in [1.165, 1.54) is 0 Å². The second kappa shape index (κ2) is 2.94. The van der Waals surface area contributed by atoms with Gasteiger partial charge in [-0.15, -0.1) is 0 Å². The lowest BCUT2D eigenvalue weighted by Crippen LogP contribution is -2.50. The van der Waals surface area contributed by atoms with Gasteiger partial charge < -0.3 is 15.7 Å². The van der Waals surface area contributed by atoms with Crippen LogP contribution in [0.15, 0.2) is 0 Å². The smallest absolute Gasteiger partial charge is 0.315 e. The van der Waals surface area contributed by atoms with Gasteiger partial charge >= 0.3 is 6.03 Å². The van der Waals surface area contributed by atoms with Crippen LogP contribution in [0, 0.1) is 0 Å². The van der Waals surface area contributed by atoms with Crippen molar-refractivity contribution in [3.63, 3.8) is 0 Å². The molecule has 3 N–H and O–H groups in total. The summed E-state index contributed by atoms with van der Waals surface area (Å²) in [5.41, 5.74) is 0. The van der Waals surface area contributed by atoms with Gasteiger partial charge in [-0.2, -0.15) is 0 Å². The maximum Gasteiger partial charge on any atom is 0.315 e. The molecule has 0 aliphatic heterocycles. The normalized spacial score (nSPS) is 33.8. The van der Waals surface area contributed by atoms with Crippen LogP contribution in [-0.4, -0.2) is 29.3 Å². The number of amides is 2. The summed E-state index contributed by atoms with van der Waals surface area (Å²) >= 11 is 0. The van der Waals surface area contributed by atoms with Gasteiger partial charge in [0.15, 0.2) is 0 Å². The third kappa shape index (κ3) is 1.88. The molecular weight excluding hydrogens is 156 g/mol. The number of hydrogen-bond acceptors (Lipinski definition) is 2. The first-order valence-electron chi connectivity index (χ1n) is 4.49. The predicted molar refractivity (Wildman–Crippen MR) is 43.7 cm³/mol. The van der Waals surface area contributed by atoms with Crippen LogP contribution in [0.3, 0.4) is 0 Å². The molecule has 0 bridgehead atoms. The van der Waals surface area contributed by atoms with Crippen molar-refractivity contribution in [2.45, 2.75) is 43.9 Å². The number of urea groups is 1. The number of carbonyl (C=O) groups excluding carboxylic acids is 1. The Hall–Kier alpha value is -0.770. The van der Waals surface area contributed by atoms with E-state index in [4.69, 9.17) is 5.11 Å². The van der Waals surface area contributed by atoms with Crippen molar-refractivity contribution in [3.8, 4) is 0 Å². The van der Waals surface area contributed by atoms with E-state index in [1.807, 2.05) is 0 Å². The average Bonchev–Trinajstić information content (AvgIpc) is 2.68. The molecule has 12 heavy (non-hydrogen) atoms. The van der Waals surface area contributed by atoms with E-state index in [-0.39, 0.29) is 18.2 Å². The van der Waals surface area contributed by atoms with Gasteiger partial charge in [0.25, 0.3) is 0 Å². The second-order valence-electron chi connectivity index (χ2n) is 3.71. The first-order chi connectivity index (χ1) is 5.74. The Kier molecular flexibility index (Phi) is 1.92. The highest BCUT2D eigenvalue weighted by Gasteiger charge is 2.30. The minimum atomic E-state index is -0.198. The highest BCUT2D eigenvalue weighted by Crippen LogP contribution is 2.20. The third-order valence-corrected chi connectivity index (χ3v) is 2.36. The minimum absolute atomic E-state index is 0.0746. The monoisotopic (exact) mass is 170 g/mol. The molecule has 2 amide bonds. The number of carbonyl (C=O) groups is 1. The second-order valence-corrected chi connectivity index (χ2v) is 3.71. The molecule has 0 spiro atoms.